The van der Waals surface area contributed by atoms with E-state index in [1.165, 1.54) is 25.0 Å². The standard InChI is InChI=1S/C15H20N6O3S/c1-10(22)17-14(4-5-25-3)15(23)18-11-6-12(8-13(7-11)24-2)21-9-16-19-20-21/h6-9,14H,4-5H2,1-3H3,(H,17,22)(H,18,23)/t14-/m0/s1. The summed E-state index contributed by atoms with van der Waals surface area (Å²) in [7, 11) is 1.53. The van der Waals surface area contributed by atoms with Crippen LogP contribution in [0.5, 0.6) is 5.75 Å². The van der Waals surface area contributed by atoms with Gasteiger partial charge in [-0.05, 0) is 34.9 Å². The number of hydrogen-bond donors (Lipinski definition) is 2. The first-order valence-electron chi connectivity index (χ1n) is 7.53. The van der Waals surface area contributed by atoms with Gasteiger partial charge in [-0.3, -0.25) is 9.59 Å². The maximum absolute atomic E-state index is 12.5. The van der Waals surface area contributed by atoms with E-state index < -0.39 is 6.04 Å². The summed E-state index contributed by atoms with van der Waals surface area (Å²) in [6.07, 6.45) is 3.93. The molecular formula is C15H20N6O3S. The molecule has 0 aliphatic rings. The van der Waals surface area contributed by atoms with Crippen LogP contribution in [0.15, 0.2) is 24.5 Å². The Morgan fingerprint density at radius 2 is 2.16 bits per heavy atom. The predicted molar refractivity (Wildman–Crippen MR) is 94.9 cm³/mol. The molecule has 1 atom stereocenters. The van der Waals surface area contributed by atoms with Crippen LogP contribution in [0.4, 0.5) is 5.69 Å². The van der Waals surface area contributed by atoms with Crippen molar-refractivity contribution >= 4 is 29.3 Å². The Hall–Kier alpha value is -2.62. The van der Waals surface area contributed by atoms with Gasteiger partial charge in [-0.15, -0.1) is 5.10 Å². The van der Waals surface area contributed by atoms with Crippen molar-refractivity contribution in [2.24, 2.45) is 0 Å². The van der Waals surface area contributed by atoms with Crippen LogP contribution < -0.4 is 15.4 Å². The summed E-state index contributed by atoms with van der Waals surface area (Å²) < 4.78 is 6.71. The van der Waals surface area contributed by atoms with Gasteiger partial charge in [0, 0.05) is 24.7 Å². The van der Waals surface area contributed by atoms with Gasteiger partial charge in [0.15, 0.2) is 0 Å². The quantitative estimate of drug-likeness (QED) is 0.715. The maximum atomic E-state index is 12.5. The Morgan fingerprint density at radius 1 is 1.36 bits per heavy atom. The number of nitrogens with one attached hydrogen (secondary N) is 2. The van der Waals surface area contributed by atoms with Gasteiger partial charge in [-0.25, -0.2) is 4.68 Å². The van der Waals surface area contributed by atoms with E-state index in [0.29, 0.717) is 23.5 Å². The van der Waals surface area contributed by atoms with Crippen molar-refractivity contribution in [2.75, 3.05) is 24.4 Å². The molecule has 2 aromatic rings. The highest BCUT2D eigenvalue weighted by Crippen LogP contribution is 2.23. The second-order valence-electron chi connectivity index (χ2n) is 5.20. The zero-order valence-electron chi connectivity index (χ0n) is 14.2. The number of benzene rings is 1. The molecule has 0 aliphatic heterocycles. The molecule has 2 rings (SSSR count). The highest BCUT2D eigenvalue weighted by molar-refractivity contribution is 7.98. The fourth-order valence-electron chi connectivity index (χ4n) is 2.16. The molecule has 9 nitrogen and oxygen atoms in total. The Labute approximate surface area is 149 Å². The fraction of sp³-hybridized carbons (Fsp3) is 0.400. The van der Waals surface area contributed by atoms with E-state index in [4.69, 9.17) is 4.74 Å². The van der Waals surface area contributed by atoms with Gasteiger partial charge in [0.2, 0.25) is 11.8 Å². The Balaban J connectivity index is 2.20. The summed E-state index contributed by atoms with van der Waals surface area (Å²) in [6.45, 7) is 1.39. The fourth-order valence-corrected chi connectivity index (χ4v) is 2.64. The number of ether oxygens (including phenoxy) is 1. The number of anilines is 1. The van der Waals surface area contributed by atoms with Gasteiger partial charge >= 0.3 is 0 Å². The van der Waals surface area contributed by atoms with E-state index in [2.05, 4.69) is 26.2 Å². The van der Waals surface area contributed by atoms with Gasteiger partial charge in [-0.1, -0.05) is 0 Å². The lowest BCUT2D eigenvalue weighted by atomic mass is 10.2. The molecule has 1 aromatic carbocycles. The highest BCUT2D eigenvalue weighted by Gasteiger charge is 2.19. The summed E-state index contributed by atoms with van der Waals surface area (Å²) in [5.74, 6) is 0.761. The molecule has 0 radical (unpaired) electrons. The minimum Gasteiger partial charge on any atom is -0.497 e. The third-order valence-corrected chi connectivity index (χ3v) is 3.96. The summed E-state index contributed by atoms with van der Waals surface area (Å²) in [4.78, 5) is 23.9. The summed E-state index contributed by atoms with van der Waals surface area (Å²) in [5, 5.41) is 16.5. The van der Waals surface area contributed by atoms with Crippen molar-refractivity contribution in [2.45, 2.75) is 19.4 Å². The lowest BCUT2D eigenvalue weighted by Crippen LogP contribution is -2.43. The minimum absolute atomic E-state index is 0.249. The number of tetrazole rings is 1. The third kappa shape index (κ3) is 5.45. The first-order valence-corrected chi connectivity index (χ1v) is 8.92. The zero-order chi connectivity index (χ0) is 18.2. The van der Waals surface area contributed by atoms with E-state index in [1.54, 1.807) is 30.0 Å². The smallest absolute Gasteiger partial charge is 0.246 e. The third-order valence-electron chi connectivity index (χ3n) is 3.31. The second-order valence-corrected chi connectivity index (χ2v) is 6.18. The number of methoxy groups -OCH3 is 1. The topological polar surface area (TPSA) is 111 Å². The van der Waals surface area contributed by atoms with Gasteiger partial charge in [0.05, 0.1) is 12.8 Å². The number of carbonyl (C=O) groups is 2. The molecule has 134 valence electrons. The van der Waals surface area contributed by atoms with Crippen LogP contribution in [-0.2, 0) is 9.59 Å². The summed E-state index contributed by atoms with van der Waals surface area (Å²) in [5.41, 5.74) is 1.16. The van der Waals surface area contributed by atoms with E-state index in [0.717, 1.165) is 5.75 Å². The SMILES string of the molecule is COc1cc(NC(=O)[C@H](CCSC)NC(C)=O)cc(-n2cnnn2)c1. The van der Waals surface area contributed by atoms with Gasteiger partial charge in [0.25, 0.3) is 0 Å². The van der Waals surface area contributed by atoms with Gasteiger partial charge in [0.1, 0.15) is 18.1 Å². The molecule has 1 heterocycles. The van der Waals surface area contributed by atoms with Crippen LogP contribution >= 0.6 is 11.8 Å². The summed E-state index contributed by atoms with van der Waals surface area (Å²) >= 11 is 1.61. The van der Waals surface area contributed by atoms with E-state index >= 15 is 0 Å². The molecule has 0 unspecified atom stereocenters. The lowest BCUT2D eigenvalue weighted by Gasteiger charge is -2.18. The number of thioether (sulfide) groups is 1. The van der Waals surface area contributed by atoms with Crippen LogP contribution in [0.2, 0.25) is 0 Å². The van der Waals surface area contributed by atoms with Crippen molar-refractivity contribution in [3.05, 3.63) is 24.5 Å². The highest BCUT2D eigenvalue weighted by atomic mass is 32.2. The average molecular weight is 364 g/mol. The zero-order valence-corrected chi connectivity index (χ0v) is 15.0. The van der Waals surface area contributed by atoms with Gasteiger partial charge < -0.3 is 15.4 Å². The first-order chi connectivity index (χ1) is 12.0. The molecule has 2 N–H and O–H groups in total. The number of carbonyl (C=O) groups excluding carboxylic acids is 2. The minimum atomic E-state index is -0.604. The van der Waals surface area contributed by atoms with Crippen molar-refractivity contribution in [3.63, 3.8) is 0 Å². The Morgan fingerprint density at radius 3 is 2.76 bits per heavy atom. The number of hydrogen-bond acceptors (Lipinski definition) is 7. The largest absolute Gasteiger partial charge is 0.497 e. The Bertz CT molecular complexity index is 722. The first kappa shape index (κ1) is 18.7. The molecule has 25 heavy (non-hydrogen) atoms. The van der Waals surface area contributed by atoms with Crippen LogP contribution in [0.3, 0.4) is 0 Å². The monoisotopic (exact) mass is 364 g/mol. The normalized spacial score (nSPS) is 11.6. The van der Waals surface area contributed by atoms with Crippen molar-refractivity contribution in [1.29, 1.82) is 0 Å². The van der Waals surface area contributed by atoms with Crippen molar-refractivity contribution in [1.82, 2.24) is 25.5 Å². The van der Waals surface area contributed by atoms with Crippen LogP contribution in [0.1, 0.15) is 13.3 Å². The van der Waals surface area contributed by atoms with Crippen LogP contribution in [0, 0.1) is 0 Å². The number of rotatable bonds is 8. The second kappa shape index (κ2) is 9.02. The van der Waals surface area contributed by atoms with Crippen molar-refractivity contribution < 1.29 is 14.3 Å². The van der Waals surface area contributed by atoms with E-state index in [1.807, 2.05) is 6.26 Å². The number of nitrogens with zero attached hydrogens (tertiary/aromatic N) is 4. The van der Waals surface area contributed by atoms with Gasteiger partial charge in [-0.2, -0.15) is 11.8 Å². The van der Waals surface area contributed by atoms with Crippen LogP contribution in [0.25, 0.3) is 5.69 Å². The summed E-state index contributed by atoms with van der Waals surface area (Å²) in [6, 6.07) is 4.54. The maximum Gasteiger partial charge on any atom is 0.246 e. The van der Waals surface area contributed by atoms with Crippen LogP contribution in [-0.4, -0.2) is 57.2 Å². The number of amides is 2. The molecule has 0 fully saturated rings. The van der Waals surface area contributed by atoms with Crippen molar-refractivity contribution in [3.8, 4) is 11.4 Å². The molecule has 2 amide bonds. The molecule has 0 saturated heterocycles. The molecule has 0 aliphatic carbocycles. The van der Waals surface area contributed by atoms with E-state index in [9.17, 15) is 9.59 Å². The molecule has 0 saturated carbocycles. The lowest BCUT2D eigenvalue weighted by molar-refractivity contribution is -0.125. The Kier molecular flexibility index (Phi) is 6.75. The number of aromatic nitrogens is 4. The molecule has 10 heteroatoms. The average Bonchev–Trinajstić information content (AvgIpc) is 3.12. The molecule has 0 bridgehead atoms. The molecular weight excluding hydrogens is 344 g/mol. The van der Waals surface area contributed by atoms with E-state index in [-0.39, 0.29) is 11.8 Å². The molecule has 0 spiro atoms. The predicted octanol–water partition coefficient (Wildman–Crippen LogP) is 0.867. The molecule has 1 aromatic heterocycles.